The molecule has 0 N–H and O–H groups in total. The number of halogens is 1. The molecule has 230 valence electrons. The molecule has 3 aliphatic rings. The Morgan fingerprint density at radius 1 is 0.837 bits per heavy atom. The van der Waals surface area contributed by atoms with Gasteiger partial charge < -0.3 is 19.1 Å². The Balaban J connectivity index is 1.61. The second-order valence-electron chi connectivity index (χ2n) is 13.6. The van der Waals surface area contributed by atoms with Crippen LogP contribution >= 0.6 is 0 Å². The van der Waals surface area contributed by atoms with E-state index in [0.717, 1.165) is 52.9 Å². The Hall–Kier alpha value is -3.45. The van der Waals surface area contributed by atoms with Crippen molar-refractivity contribution in [1.29, 1.82) is 0 Å². The number of carbonyl (C=O) groups is 2. The maximum absolute atomic E-state index is 14.0. The third-order valence-corrected chi connectivity index (χ3v) is 8.66. The van der Waals surface area contributed by atoms with Gasteiger partial charge in [0.15, 0.2) is 23.1 Å². The van der Waals surface area contributed by atoms with E-state index in [4.69, 9.17) is 14.2 Å². The van der Waals surface area contributed by atoms with E-state index in [1.807, 2.05) is 25.1 Å². The highest BCUT2D eigenvalue weighted by Crippen LogP contribution is 2.55. The normalized spacial score (nSPS) is 19.8. The summed E-state index contributed by atoms with van der Waals surface area (Å²) >= 11 is 0. The number of ether oxygens (including phenoxy) is 3. The largest absolute Gasteiger partial charge is 0.490 e. The molecular weight excluding hydrogens is 545 g/mol. The third-order valence-electron chi connectivity index (χ3n) is 8.66. The van der Waals surface area contributed by atoms with Gasteiger partial charge in [-0.05, 0) is 72.4 Å². The van der Waals surface area contributed by atoms with Crippen LogP contribution in [0, 0.1) is 16.6 Å². The van der Waals surface area contributed by atoms with E-state index < -0.39 is 5.92 Å². The zero-order chi connectivity index (χ0) is 30.9. The summed E-state index contributed by atoms with van der Waals surface area (Å²) in [5.74, 6) is 0.569. The van der Waals surface area contributed by atoms with Crippen molar-refractivity contribution in [2.24, 2.45) is 10.8 Å². The minimum atomic E-state index is -0.457. The lowest BCUT2D eigenvalue weighted by Crippen LogP contribution is -2.44. The number of Topliss-reactive ketones (excluding diaryl/α,β-unsaturated/α-hetero) is 2. The molecule has 1 aliphatic heterocycles. The maximum atomic E-state index is 14.0. The highest BCUT2D eigenvalue weighted by Gasteiger charge is 2.49. The predicted octanol–water partition coefficient (Wildman–Crippen LogP) is 7.53. The first kappa shape index (κ1) is 31.0. The number of nitrogens with zero attached hydrogens (tertiary/aromatic N) is 1. The second-order valence-corrected chi connectivity index (χ2v) is 13.6. The van der Waals surface area contributed by atoms with Crippen LogP contribution in [0.5, 0.6) is 11.5 Å². The number of methoxy groups -OCH3 is 1. The van der Waals surface area contributed by atoms with Crippen LogP contribution < -0.4 is 9.47 Å². The van der Waals surface area contributed by atoms with Crippen LogP contribution in [0.2, 0.25) is 0 Å². The molecule has 43 heavy (non-hydrogen) atoms. The number of rotatable bonds is 10. The van der Waals surface area contributed by atoms with E-state index in [1.54, 1.807) is 19.2 Å². The fourth-order valence-electron chi connectivity index (χ4n) is 6.85. The van der Waals surface area contributed by atoms with Gasteiger partial charge >= 0.3 is 0 Å². The lowest BCUT2D eigenvalue weighted by atomic mass is 9.63. The number of allylic oxidation sites excluding steroid dienone is 4. The molecule has 0 saturated carbocycles. The van der Waals surface area contributed by atoms with Crippen LogP contribution in [-0.2, 0) is 20.9 Å². The van der Waals surface area contributed by atoms with E-state index in [0.29, 0.717) is 44.1 Å². The highest BCUT2D eigenvalue weighted by atomic mass is 19.1. The fraction of sp³-hybridized carbons (Fsp3) is 0.500. The van der Waals surface area contributed by atoms with Crippen LogP contribution in [0.15, 0.2) is 65.0 Å². The lowest BCUT2D eigenvalue weighted by molar-refractivity contribution is -0.119. The van der Waals surface area contributed by atoms with E-state index in [1.165, 1.54) is 12.1 Å². The number of benzene rings is 2. The summed E-state index contributed by atoms with van der Waals surface area (Å²) in [7, 11) is 1.70. The molecule has 0 unspecified atom stereocenters. The molecule has 0 amide bonds. The van der Waals surface area contributed by atoms with E-state index in [9.17, 15) is 14.0 Å². The quantitative estimate of drug-likeness (QED) is 0.267. The van der Waals surface area contributed by atoms with Crippen LogP contribution in [0.1, 0.15) is 83.8 Å². The Bertz CT molecular complexity index is 1400. The van der Waals surface area contributed by atoms with Crippen LogP contribution in [0.3, 0.4) is 0 Å². The topological polar surface area (TPSA) is 65.1 Å². The van der Waals surface area contributed by atoms with Crippen molar-refractivity contribution in [3.63, 3.8) is 0 Å². The van der Waals surface area contributed by atoms with Crippen LogP contribution in [-0.4, -0.2) is 43.3 Å². The summed E-state index contributed by atoms with van der Waals surface area (Å²) in [5, 5.41) is 0. The van der Waals surface area contributed by atoms with Crippen LogP contribution in [0.4, 0.5) is 4.39 Å². The monoisotopic (exact) mass is 589 g/mol. The number of ketones is 2. The predicted molar refractivity (Wildman–Crippen MR) is 164 cm³/mol. The van der Waals surface area contributed by atoms with E-state index in [2.05, 4.69) is 32.6 Å². The number of hydrogen-bond donors (Lipinski definition) is 0. The van der Waals surface area contributed by atoms with Crippen molar-refractivity contribution in [3.05, 3.63) is 81.9 Å². The van der Waals surface area contributed by atoms with E-state index in [-0.39, 0.29) is 34.8 Å². The summed E-state index contributed by atoms with van der Waals surface area (Å²) in [6, 6.07) is 12.0. The Kier molecular flexibility index (Phi) is 8.85. The van der Waals surface area contributed by atoms with Crippen molar-refractivity contribution in [2.75, 3.05) is 26.9 Å². The molecule has 2 aliphatic carbocycles. The van der Waals surface area contributed by atoms with E-state index >= 15 is 0 Å². The van der Waals surface area contributed by atoms with Gasteiger partial charge in [-0.1, -0.05) is 45.9 Å². The summed E-state index contributed by atoms with van der Waals surface area (Å²) in [5.41, 5.74) is 4.90. The highest BCUT2D eigenvalue weighted by molar-refractivity contribution is 6.06. The smallest absolute Gasteiger partial charge is 0.162 e. The van der Waals surface area contributed by atoms with Gasteiger partial charge in [-0.15, -0.1) is 0 Å². The van der Waals surface area contributed by atoms with Gasteiger partial charge in [-0.2, -0.15) is 0 Å². The number of hydrogen-bond acceptors (Lipinski definition) is 6. The average Bonchev–Trinajstić information content (AvgIpc) is 2.92. The van der Waals surface area contributed by atoms with Gasteiger partial charge in [0.2, 0.25) is 0 Å². The van der Waals surface area contributed by atoms with Gasteiger partial charge in [0.05, 0.1) is 6.61 Å². The SMILES string of the molecule is CCOc1cc(C2C3=C(CC(C)(C)CC3=O)N(CCCOC)C3=C2C(=O)CC(C)(C)C3)ccc1OCc1ccc(F)cc1. The van der Waals surface area contributed by atoms with Gasteiger partial charge in [0.25, 0.3) is 0 Å². The molecule has 0 radical (unpaired) electrons. The molecule has 0 bridgehead atoms. The molecule has 5 rings (SSSR count). The first-order valence-electron chi connectivity index (χ1n) is 15.4. The Morgan fingerprint density at radius 2 is 1.44 bits per heavy atom. The van der Waals surface area contributed by atoms with Gasteiger partial charge in [0, 0.05) is 61.6 Å². The Labute approximate surface area is 254 Å². The fourth-order valence-corrected chi connectivity index (χ4v) is 6.85. The molecule has 1 heterocycles. The van der Waals surface area contributed by atoms with Gasteiger partial charge in [-0.3, -0.25) is 9.59 Å². The molecular formula is C36H44FNO5. The number of carbonyl (C=O) groups excluding carboxylic acids is 2. The second kappa shape index (κ2) is 12.3. The van der Waals surface area contributed by atoms with Crippen molar-refractivity contribution < 1.29 is 28.2 Å². The third kappa shape index (κ3) is 6.57. The summed E-state index contributed by atoms with van der Waals surface area (Å²) in [4.78, 5) is 30.4. The average molecular weight is 590 g/mol. The Morgan fingerprint density at radius 3 is 2.00 bits per heavy atom. The molecule has 0 fully saturated rings. The summed E-state index contributed by atoms with van der Waals surface area (Å²) < 4.78 is 30.9. The van der Waals surface area contributed by atoms with Gasteiger partial charge in [0.1, 0.15) is 12.4 Å². The molecule has 0 saturated heterocycles. The van der Waals surface area contributed by atoms with Crippen LogP contribution in [0.25, 0.3) is 0 Å². The molecule has 2 aromatic rings. The zero-order valence-electron chi connectivity index (χ0n) is 26.3. The molecule has 0 aromatic heterocycles. The molecule has 7 heteroatoms. The van der Waals surface area contributed by atoms with Crippen molar-refractivity contribution in [3.8, 4) is 11.5 Å². The minimum absolute atomic E-state index is 0.103. The minimum Gasteiger partial charge on any atom is -0.490 e. The van der Waals surface area contributed by atoms with Crippen molar-refractivity contribution in [1.82, 2.24) is 4.90 Å². The first-order chi connectivity index (χ1) is 20.4. The maximum Gasteiger partial charge on any atom is 0.162 e. The lowest BCUT2D eigenvalue weighted by Gasteiger charge is -2.49. The van der Waals surface area contributed by atoms with Gasteiger partial charge in [-0.25, -0.2) is 4.39 Å². The summed E-state index contributed by atoms with van der Waals surface area (Å²) in [6.07, 6.45) is 3.20. The molecule has 2 aromatic carbocycles. The van der Waals surface area contributed by atoms with Crippen molar-refractivity contribution in [2.45, 2.75) is 79.2 Å². The molecule has 6 nitrogen and oxygen atoms in total. The summed E-state index contributed by atoms with van der Waals surface area (Å²) in [6.45, 7) is 12.5. The first-order valence-corrected chi connectivity index (χ1v) is 15.4. The van der Waals surface area contributed by atoms with Crippen molar-refractivity contribution >= 4 is 11.6 Å². The molecule has 0 spiro atoms. The molecule has 0 atom stereocenters. The zero-order valence-corrected chi connectivity index (χ0v) is 26.3. The standard InChI is InChI=1S/C36H44FNO5/c1-7-42-31-17-24(11-14-30(31)43-22-23-9-12-25(37)13-10-23)32-33-26(18-35(2,3)20-28(33)39)38(15-8-16-41-6)27-19-36(4,5)21-29(40)34(27)32/h9-14,17,32H,7-8,15-16,18-22H2,1-6H3.